The van der Waals surface area contributed by atoms with Crippen LogP contribution >= 0.6 is 0 Å². The quantitative estimate of drug-likeness (QED) is 0.194. The summed E-state index contributed by atoms with van der Waals surface area (Å²) in [5.41, 5.74) is 2.48. The fraction of sp³-hybridized carbons (Fsp3) is 0.395. The molecule has 9 nitrogen and oxygen atoms in total. The molecule has 0 unspecified atom stereocenters. The van der Waals surface area contributed by atoms with Crippen LogP contribution in [0.1, 0.15) is 70.6 Å². The van der Waals surface area contributed by atoms with Crippen molar-refractivity contribution in [1.82, 2.24) is 29.0 Å². The molecule has 11 heteroatoms. The van der Waals surface area contributed by atoms with Gasteiger partial charge in [-0.15, -0.1) is 0 Å². The van der Waals surface area contributed by atoms with Crippen LogP contribution in [0.3, 0.4) is 0 Å². The summed E-state index contributed by atoms with van der Waals surface area (Å²) in [5.74, 6) is -1.28. The Labute approximate surface area is 283 Å². The first-order chi connectivity index (χ1) is 23.6. The van der Waals surface area contributed by atoms with Gasteiger partial charge in [0.1, 0.15) is 17.3 Å². The monoisotopic (exact) mass is 665 g/mol. The van der Waals surface area contributed by atoms with E-state index >= 15 is 8.78 Å². The number of aryl methyl sites for hydroxylation is 2. The highest BCUT2D eigenvalue weighted by Gasteiger charge is 2.34. The predicted octanol–water partition coefficient (Wildman–Crippen LogP) is 6.93. The summed E-state index contributed by atoms with van der Waals surface area (Å²) in [5, 5.41) is 0.871. The van der Waals surface area contributed by atoms with Crippen molar-refractivity contribution in [2.45, 2.75) is 84.3 Å². The Morgan fingerprint density at radius 1 is 0.980 bits per heavy atom. The lowest BCUT2D eigenvalue weighted by molar-refractivity contribution is -0.128. The normalized spacial score (nSPS) is 18.5. The molecule has 6 bridgehead atoms. The maximum atomic E-state index is 16.6. The minimum Gasteiger partial charge on any atom is -0.349 e. The van der Waals surface area contributed by atoms with Crippen LogP contribution in [0.4, 0.5) is 14.6 Å². The smallest absolute Gasteiger partial charge is 0.349 e. The molecule has 0 saturated carbocycles. The van der Waals surface area contributed by atoms with E-state index in [-0.39, 0.29) is 46.6 Å². The van der Waals surface area contributed by atoms with E-state index in [0.29, 0.717) is 41.7 Å². The van der Waals surface area contributed by atoms with Crippen molar-refractivity contribution >= 4 is 33.7 Å². The number of anilines is 1. The summed E-state index contributed by atoms with van der Waals surface area (Å²) in [6.07, 6.45) is 9.53. The van der Waals surface area contributed by atoms with Gasteiger partial charge in [0.25, 0.3) is 0 Å². The first-order valence-corrected chi connectivity index (χ1v) is 17.2. The van der Waals surface area contributed by atoms with Gasteiger partial charge in [-0.3, -0.25) is 9.78 Å². The molecule has 0 radical (unpaired) electrons. The van der Waals surface area contributed by atoms with E-state index < -0.39 is 17.3 Å². The van der Waals surface area contributed by atoms with Gasteiger partial charge < -0.3 is 14.4 Å². The van der Waals surface area contributed by atoms with Crippen molar-refractivity contribution < 1.29 is 13.6 Å². The summed E-state index contributed by atoms with van der Waals surface area (Å²) in [6.45, 7) is 13.0. The molecule has 5 aromatic rings. The van der Waals surface area contributed by atoms with Gasteiger partial charge >= 0.3 is 5.69 Å². The third kappa shape index (κ3) is 5.58. The van der Waals surface area contributed by atoms with Crippen LogP contribution in [0.5, 0.6) is 0 Å². The van der Waals surface area contributed by atoms with Gasteiger partial charge in [0, 0.05) is 60.6 Å². The highest BCUT2D eigenvalue weighted by atomic mass is 19.1. The summed E-state index contributed by atoms with van der Waals surface area (Å²) in [7, 11) is 0. The van der Waals surface area contributed by atoms with Crippen molar-refractivity contribution in [2.24, 2.45) is 0 Å². The second kappa shape index (κ2) is 12.8. The van der Waals surface area contributed by atoms with E-state index in [0.717, 1.165) is 43.3 Å². The molecule has 0 spiro atoms. The van der Waals surface area contributed by atoms with Crippen LogP contribution in [0.25, 0.3) is 38.9 Å². The number of carbonyl (C=O) groups excluding carboxylic acids is 1. The Morgan fingerprint density at radius 2 is 1.78 bits per heavy atom. The topological polar surface area (TPSA) is 89.2 Å². The molecule has 2 aliphatic heterocycles. The lowest BCUT2D eigenvalue weighted by Crippen LogP contribution is -2.58. The van der Waals surface area contributed by atoms with E-state index in [4.69, 9.17) is 9.97 Å². The van der Waals surface area contributed by atoms with Gasteiger partial charge in [0.15, 0.2) is 11.5 Å². The number of hydrogen-bond donors (Lipinski definition) is 0. The molecule has 0 aliphatic carbocycles. The Hall–Kier alpha value is -4.93. The fourth-order valence-electron chi connectivity index (χ4n) is 7.57. The Bertz CT molecular complexity index is 2170. The number of piperazine rings is 1. The lowest BCUT2D eigenvalue weighted by atomic mass is 9.99. The molecule has 1 saturated heterocycles. The number of hydrogen-bond acceptors (Lipinski definition) is 6. The molecule has 49 heavy (non-hydrogen) atoms. The van der Waals surface area contributed by atoms with Gasteiger partial charge in [0.2, 0.25) is 5.91 Å². The van der Waals surface area contributed by atoms with Gasteiger partial charge in [-0.2, -0.15) is 4.98 Å². The number of amides is 1. The van der Waals surface area contributed by atoms with Crippen molar-refractivity contribution in [1.29, 1.82) is 0 Å². The summed E-state index contributed by atoms with van der Waals surface area (Å²) in [4.78, 5) is 45.0. The molecule has 254 valence electrons. The number of halogens is 2. The SMILES string of the molecule is C=CC(=O)N1C[C@H](C)N(c2nc(=O)n3c4nc(c(F)cc24)-c2c(F)ccc4c2ccn4CCCCCCc2ccnc(C(C)C)c2-3)C[C@H]1C. The van der Waals surface area contributed by atoms with Gasteiger partial charge in [0.05, 0.1) is 16.8 Å². The van der Waals surface area contributed by atoms with Crippen molar-refractivity contribution in [2.75, 3.05) is 18.0 Å². The minimum absolute atomic E-state index is 0.0501. The van der Waals surface area contributed by atoms with Crippen LogP contribution in [0.2, 0.25) is 0 Å². The highest BCUT2D eigenvalue weighted by Crippen LogP contribution is 2.38. The lowest BCUT2D eigenvalue weighted by Gasteiger charge is -2.44. The number of pyridine rings is 2. The third-order valence-electron chi connectivity index (χ3n) is 10.1. The number of aromatic nitrogens is 5. The predicted molar refractivity (Wildman–Crippen MR) is 188 cm³/mol. The maximum Gasteiger partial charge on any atom is 0.355 e. The molecule has 7 rings (SSSR count). The average Bonchev–Trinajstić information content (AvgIpc) is 3.49. The Kier molecular flexibility index (Phi) is 8.54. The Morgan fingerprint density at radius 3 is 2.55 bits per heavy atom. The van der Waals surface area contributed by atoms with Crippen molar-refractivity contribution in [3.63, 3.8) is 0 Å². The molecule has 4 aromatic heterocycles. The number of carbonyl (C=O) groups is 1. The zero-order valence-electron chi connectivity index (χ0n) is 28.4. The van der Waals surface area contributed by atoms with E-state index in [1.807, 2.05) is 50.9 Å². The molecule has 1 aromatic carbocycles. The molecule has 2 atom stereocenters. The minimum atomic E-state index is -0.724. The van der Waals surface area contributed by atoms with Gasteiger partial charge in [-0.1, -0.05) is 33.3 Å². The summed E-state index contributed by atoms with van der Waals surface area (Å²) in [6, 6.07) is 7.67. The molecule has 0 N–H and O–H groups in total. The molecule has 6 heterocycles. The van der Waals surface area contributed by atoms with E-state index in [1.54, 1.807) is 17.2 Å². The van der Waals surface area contributed by atoms with Crippen molar-refractivity contribution in [3.05, 3.63) is 88.8 Å². The Balaban J connectivity index is 1.56. The summed E-state index contributed by atoms with van der Waals surface area (Å²) >= 11 is 0. The zero-order valence-corrected chi connectivity index (χ0v) is 28.4. The number of fused-ring (bicyclic) bond motifs is 4. The molecule has 1 fully saturated rings. The van der Waals surface area contributed by atoms with Crippen LogP contribution in [-0.4, -0.2) is 60.1 Å². The highest BCUT2D eigenvalue weighted by molar-refractivity contribution is 5.98. The first-order valence-electron chi connectivity index (χ1n) is 17.2. The van der Waals surface area contributed by atoms with Crippen LogP contribution in [0.15, 0.2) is 60.2 Å². The summed E-state index contributed by atoms with van der Waals surface area (Å²) < 4.78 is 36.0. The molecular weight excluding hydrogens is 624 g/mol. The van der Waals surface area contributed by atoms with E-state index in [2.05, 4.69) is 16.1 Å². The van der Waals surface area contributed by atoms with Crippen molar-refractivity contribution in [3.8, 4) is 16.9 Å². The second-order valence-corrected chi connectivity index (χ2v) is 13.7. The standard InChI is InChI=1S/C38H41F2N7O2/c1-6-31(48)45-20-24(5)46(21-23(45)4)36-27-19-29(40)34-32-26-15-18-44(30(26)13-12-28(32)39)17-10-8-7-9-11-25-14-16-41-33(22(2)3)35(25)47(37(27)42-34)38(49)43-36/h6,12-16,18-19,22-24H,1,7-11,17,20-21H2,2-5H3/t23-,24+/m1/s1. The molecule has 1 amide bonds. The third-order valence-corrected chi connectivity index (χ3v) is 10.1. The van der Waals surface area contributed by atoms with Crippen LogP contribution < -0.4 is 10.6 Å². The average molecular weight is 666 g/mol. The van der Waals surface area contributed by atoms with E-state index in [9.17, 15) is 9.59 Å². The number of rotatable bonds is 3. The van der Waals surface area contributed by atoms with E-state index in [1.165, 1.54) is 22.8 Å². The number of nitrogens with zero attached hydrogens (tertiary/aromatic N) is 7. The first kappa shape index (κ1) is 32.6. The number of benzene rings is 1. The van der Waals surface area contributed by atoms with Gasteiger partial charge in [-0.05, 0) is 81.0 Å². The molecular formula is C38H41F2N7O2. The van der Waals surface area contributed by atoms with Crippen LogP contribution in [-0.2, 0) is 17.8 Å². The van der Waals surface area contributed by atoms with Gasteiger partial charge in [-0.25, -0.2) is 23.1 Å². The van der Waals surface area contributed by atoms with Crippen LogP contribution in [0, 0.1) is 11.6 Å². The maximum absolute atomic E-state index is 16.6. The zero-order chi connectivity index (χ0) is 34.6. The largest absolute Gasteiger partial charge is 0.355 e. The fourth-order valence-corrected chi connectivity index (χ4v) is 7.57. The second-order valence-electron chi connectivity index (χ2n) is 13.7. The molecule has 2 aliphatic rings.